The van der Waals surface area contributed by atoms with E-state index in [2.05, 4.69) is 43.8 Å². The zero-order valence-corrected chi connectivity index (χ0v) is 5.84. The van der Waals surface area contributed by atoms with Gasteiger partial charge in [0.05, 0.1) is 0 Å². The van der Waals surface area contributed by atoms with Crippen LogP contribution in [0.2, 0.25) is 0 Å². The van der Waals surface area contributed by atoms with E-state index in [-0.39, 0.29) is 5.54 Å². The minimum atomic E-state index is 0.113. The SMILES string of the molecule is CC(C)(C)NNS. The molecule has 0 saturated carbocycles. The van der Waals surface area contributed by atoms with Gasteiger partial charge in [0.15, 0.2) is 0 Å². The van der Waals surface area contributed by atoms with Crippen molar-refractivity contribution in [2.45, 2.75) is 26.3 Å². The predicted molar refractivity (Wildman–Crippen MR) is 35.0 cm³/mol. The molecular formula is C4H12N2S. The molecule has 0 radical (unpaired) electrons. The summed E-state index contributed by atoms with van der Waals surface area (Å²) in [5.74, 6) is 0. The van der Waals surface area contributed by atoms with E-state index in [9.17, 15) is 0 Å². The number of thiol groups is 1. The van der Waals surface area contributed by atoms with Gasteiger partial charge in [-0.2, -0.15) is 0 Å². The maximum absolute atomic E-state index is 3.75. The first-order valence-corrected chi connectivity index (χ1v) is 2.67. The second kappa shape index (κ2) is 2.55. The van der Waals surface area contributed by atoms with E-state index < -0.39 is 0 Å². The molecule has 3 heteroatoms. The molecule has 2 nitrogen and oxygen atoms in total. The Kier molecular flexibility index (Phi) is 2.64. The summed E-state index contributed by atoms with van der Waals surface area (Å²) in [6, 6.07) is 0. The summed E-state index contributed by atoms with van der Waals surface area (Å²) in [5, 5.41) is 0. The van der Waals surface area contributed by atoms with E-state index in [1.54, 1.807) is 0 Å². The minimum absolute atomic E-state index is 0.113. The molecule has 0 aliphatic heterocycles. The monoisotopic (exact) mass is 120 g/mol. The Labute approximate surface area is 50.2 Å². The van der Waals surface area contributed by atoms with Crippen molar-refractivity contribution in [3.63, 3.8) is 0 Å². The highest BCUT2D eigenvalue weighted by Gasteiger charge is 2.04. The van der Waals surface area contributed by atoms with Crippen LogP contribution in [0.25, 0.3) is 0 Å². The lowest BCUT2D eigenvalue weighted by Crippen LogP contribution is -2.41. The van der Waals surface area contributed by atoms with Gasteiger partial charge in [-0.15, -0.1) is 0 Å². The van der Waals surface area contributed by atoms with Crippen LogP contribution in [0.3, 0.4) is 0 Å². The molecule has 0 rings (SSSR count). The number of nitrogens with one attached hydrogen (secondary N) is 2. The molecule has 0 aromatic carbocycles. The Hall–Kier alpha value is 0.270. The van der Waals surface area contributed by atoms with Crippen molar-refractivity contribution in [1.29, 1.82) is 0 Å². The van der Waals surface area contributed by atoms with Gasteiger partial charge in [-0.05, 0) is 20.8 Å². The van der Waals surface area contributed by atoms with E-state index in [0.29, 0.717) is 0 Å². The van der Waals surface area contributed by atoms with Gasteiger partial charge in [0.2, 0.25) is 0 Å². The van der Waals surface area contributed by atoms with Gasteiger partial charge in [0, 0.05) is 5.54 Å². The van der Waals surface area contributed by atoms with Gasteiger partial charge in [-0.25, -0.2) is 10.3 Å². The van der Waals surface area contributed by atoms with Gasteiger partial charge in [-0.3, -0.25) is 0 Å². The predicted octanol–water partition coefficient (Wildman–Crippen LogP) is 0.724. The van der Waals surface area contributed by atoms with Crippen molar-refractivity contribution in [2.24, 2.45) is 0 Å². The zero-order chi connectivity index (χ0) is 5.91. The molecule has 0 saturated heterocycles. The Balaban J connectivity index is 3.15. The molecule has 0 bridgehead atoms. The quantitative estimate of drug-likeness (QED) is 0.351. The molecule has 2 N–H and O–H groups in total. The molecule has 0 aromatic rings. The highest BCUT2D eigenvalue weighted by atomic mass is 32.1. The van der Waals surface area contributed by atoms with Crippen LogP contribution >= 0.6 is 12.8 Å². The molecule has 0 fully saturated rings. The smallest absolute Gasteiger partial charge is 0.0248 e. The van der Waals surface area contributed by atoms with E-state index >= 15 is 0 Å². The summed E-state index contributed by atoms with van der Waals surface area (Å²) in [6.07, 6.45) is 0. The van der Waals surface area contributed by atoms with Gasteiger partial charge < -0.3 is 0 Å². The van der Waals surface area contributed by atoms with Crippen molar-refractivity contribution in [2.75, 3.05) is 0 Å². The Morgan fingerprint density at radius 1 is 1.29 bits per heavy atom. The number of rotatable bonds is 1. The fraction of sp³-hybridized carbons (Fsp3) is 1.00. The van der Waals surface area contributed by atoms with E-state index in [4.69, 9.17) is 0 Å². The number of hydrogen-bond acceptors (Lipinski definition) is 3. The van der Waals surface area contributed by atoms with Crippen LogP contribution in [0.15, 0.2) is 0 Å². The largest absolute Gasteiger partial charge is 0.243 e. The lowest BCUT2D eigenvalue weighted by molar-refractivity contribution is 0.417. The summed E-state index contributed by atoms with van der Waals surface area (Å²) in [6.45, 7) is 6.16. The molecule has 0 atom stereocenters. The van der Waals surface area contributed by atoms with Crippen LogP contribution in [0.5, 0.6) is 0 Å². The van der Waals surface area contributed by atoms with Crippen LogP contribution in [-0.4, -0.2) is 5.54 Å². The average molecular weight is 120 g/mol. The maximum Gasteiger partial charge on any atom is 0.0248 e. The van der Waals surface area contributed by atoms with Crippen molar-refractivity contribution < 1.29 is 0 Å². The third-order valence-electron chi connectivity index (χ3n) is 0.431. The standard InChI is InChI=1S/C4H12N2S/c1-4(2,3)5-6-7/h5-7H,1-3H3. The molecule has 0 heterocycles. The van der Waals surface area contributed by atoms with Crippen LogP contribution < -0.4 is 10.3 Å². The summed E-state index contributed by atoms with van der Waals surface area (Å²) >= 11 is 3.75. The minimum Gasteiger partial charge on any atom is -0.243 e. The van der Waals surface area contributed by atoms with E-state index in [0.717, 1.165) is 0 Å². The lowest BCUT2D eigenvalue weighted by Gasteiger charge is -2.17. The van der Waals surface area contributed by atoms with Crippen molar-refractivity contribution in [3.8, 4) is 0 Å². The second-order valence-electron chi connectivity index (χ2n) is 2.49. The Morgan fingerprint density at radius 3 is 1.71 bits per heavy atom. The van der Waals surface area contributed by atoms with Crippen LogP contribution in [0.1, 0.15) is 20.8 Å². The summed E-state index contributed by atoms with van der Waals surface area (Å²) < 4.78 is 0. The highest BCUT2D eigenvalue weighted by molar-refractivity contribution is 7.78. The summed E-state index contributed by atoms with van der Waals surface area (Å²) in [7, 11) is 0. The Bertz CT molecular complexity index is 48.1. The van der Waals surface area contributed by atoms with Crippen molar-refractivity contribution >= 4 is 12.8 Å². The Morgan fingerprint density at radius 2 is 1.71 bits per heavy atom. The van der Waals surface area contributed by atoms with Crippen LogP contribution in [-0.2, 0) is 0 Å². The molecular weight excluding hydrogens is 108 g/mol. The molecule has 7 heavy (non-hydrogen) atoms. The maximum atomic E-state index is 3.75. The highest BCUT2D eigenvalue weighted by Crippen LogP contribution is 1.94. The van der Waals surface area contributed by atoms with E-state index in [1.807, 2.05) is 0 Å². The topological polar surface area (TPSA) is 24.1 Å². The average Bonchev–Trinajstić information content (AvgIpc) is 1.30. The third kappa shape index (κ3) is 6.27. The number of hydrogen-bond donors (Lipinski definition) is 3. The fourth-order valence-electron chi connectivity index (χ4n) is 0.168. The first kappa shape index (κ1) is 7.27. The molecule has 0 spiro atoms. The van der Waals surface area contributed by atoms with Crippen LogP contribution in [0, 0.1) is 0 Å². The third-order valence-corrected chi connectivity index (χ3v) is 0.543. The number of hydrazine groups is 1. The van der Waals surface area contributed by atoms with Gasteiger partial charge in [-0.1, -0.05) is 12.8 Å². The first-order valence-electron chi connectivity index (χ1n) is 2.22. The normalized spacial score (nSPS) is 12.0. The fourth-order valence-corrected chi connectivity index (χ4v) is 0.503. The molecule has 0 aliphatic rings. The van der Waals surface area contributed by atoms with Gasteiger partial charge >= 0.3 is 0 Å². The molecule has 0 unspecified atom stereocenters. The van der Waals surface area contributed by atoms with Gasteiger partial charge in [0.1, 0.15) is 0 Å². The van der Waals surface area contributed by atoms with Crippen molar-refractivity contribution in [1.82, 2.24) is 10.3 Å². The van der Waals surface area contributed by atoms with E-state index in [1.165, 1.54) is 0 Å². The summed E-state index contributed by atoms with van der Waals surface area (Å²) in [4.78, 5) is 2.55. The lowest BCUT2D eigenvalue weighted by atomic mass is 10.1. The molecule has 0 aliphatic carbocycles. The molecule has 0 amide bonds. The molecule has 0 aromatic heterocycles. The van der Waals surface area contributed by atoms with Crippen molar-refractivity contribution in [3.05, 3.63) is 0 Å². The first-order chi connectivity index (χ1) is 3.06. The van der Waals surface area contributed by atoms with Crippen LogP contribution in [0.4, 0.5) is 0 Å². The molecule has 44 valence electrons. The summed E-state index contributed by atoms with van der Waals surface area (Å²) in [5.41, 5.74) is 3.01. The van der Waals surface area contributed by atoms with Gasteiger partial charge in [0.25, 0.3) is 0 Å². The zero-order valence-electron chi connectivity index (χ0n) is 4.95. The second-order valence-corrected chi connectivity index (χ2v) is 2.71.